The Hall–Kier alpha value is -3.48. The van der Waals surface area contributed by atoms with Gasteiger partial charge in [0.25, 0.3) is 0 Å². The Bertz CT molecular complexity index is 1420. The van der Waals surface area contributed by atoms with Crippen LogP contribution in [0, 0.1) is 16.7 Å². The van der Waals surface area contributed by atoms with Crippen molar-refractivity contribution in [1.29, 1.82) is 10.7 Å². The van der Waals surface area contributed by atoms with Gasteiger partial charge in [-0.3, -0.25) is 15.1 Å². The van der Waals surface area contributed by atoms with E-state index >= 15 is 0 Å². The third-order valence-corrected chi connectivity index (χ3v) is 9.18. The molecule has 2 atom stereocenters. The van der Waals surface area contributed by atoms with Crippen molar-refractivity contribution in [3.8, 4) is 17.2 Å². The Balaban J connectivity index is 1.79. The summed E-state index contributed by atoms with van der Waals surface area (Å²) >= 11 is 1.47. The molecule has 9 heteroatoms. The molecular formula is C25H24N4O3S2. The number of hydrogen-bond donors (Lipinski definition) is 2. The number of carbonyl (C=O) groups excluding carboxylic acids is 1. The number of benzene rings is 2. The van der Waals surface area contributed by atoms with E-state index in [4.69, 9.17) is 5.41 Å². The predicted molar refractivity (Wildman–Crippen MR) is 132 cm³/mol. The van der Waals surface area contributed by atoms with Crippen molar-refractivity contribution in [3.63, 3.8) is 0 Å². The van der Waals surface area contributed by atoms with Crippen LogP contribution in [0.4, 0.5) is 0 Å². The fourth-order valence-corrected chi connectivity index (χ4v) is 6.15. The summed E-state index contributed by atoms with van der Waals surface area (Å²) in [5.41, 5.74) is 2.11. The third-order valence-electron chi connectivity index (χ3n) is 6.26. The van der Waals surface area contributed by atoms with Crippen LogP contribution in [0.2, 0.25) is 0 Å². The van der Waals surface area contributed by atoms with Gasteiger partial charge in [0, 0.05) is 11.9 Å². The predicted octanol–water partition coefficient (Wildman–Crippen LogP) is 4.08. The van der Waals surface area contributed by atoms with E-state index in [2.05, 4.69) is 11.4 Å². The van der Waals surface area contributed by atoms with Crippen molar-refractivity contribution in [2.24, 2.45) is 0 Å². The summed E-state index contributed by atoms with van der Waals surface area (Å²) in [5, 5.41) is 22.7. The largest absolute Gasteiger partial charge is 0.345 e. The second kappa shape index (κ2) is 8.70. The number of carbonyl (C=O) groups is 1. The lowest BCUT2D eigenvalue weighted by atomic mass is 9.76. The van der Waals surface area contributed by atoms with Crippen molar-refractivity contribution in [1.82, 2.24) is 10.2 Å². The normalized spacial score (nSPS) is 20.6. The highest BCUT2D eigenvalue weighted by molar-refractivity contribution is 7.91. The molecule has 2 heterocycles. The number of sulfone groups is 1. The average Bonchev–Trinajstić information content (AvgIpc) is 3.34. The Morgan fingerprint density at radius 1 is 1.18 bits per heavy atom. The van der Waals surface area contributed by atoms with Gasteiger partial charge in [0.05, 0.1) is 33.7 Å². The maximum atomic E-state index is 13.4. The van der Waals surface area contributed by atoms with Crippen molar-refractivity contribution in [3.05, 3.63) is 76.0 Å². The molecule has 2 aromatic carbocycles. The number of nitrogens with one attached hydrogen (secondary N) is 2. The van der Waals surface area contributed by atoms with E-state index in [0.717, 1.165) is 16.0 Å². The molecule has 1 aromatic heterocycles. The van der Waals surface area contributed by atoms with Gasteiger partial charge in [-0.15, -0.1) is 11.3 Å². The second-order valence-electron chi connectivity index (χ2n) is 8.37. The van der Waals surface area contributed by atoms with Gasteiger partial charge in [0.1, 0.15) is 0 Å². The molecule has 2 N–H and O–H groups in total. The Morgan fingerprint density at radius 3 is 2.53 bits per heavy atom. The summed E-state index contributed by atoms with van der Waals surface area (Å²) in [6.07, 6.45) is 0. The summed E-state index contributed by atoms with van der Waals surface area (Å²) in [4.78, 5) is 15.8. The van der Waals surface area contributed by atoms with Gasteiger partial charge in [-0.2, -0.15) is 5.26 Å². The quantitative estimate of drug-likeness (QED) is 0.557. The standard InChI is InChI=1S/C25H24N4O3S2/c1-4-34(31,32)20-10-8-17(9-11-20)22-23(30)29(3)24(27)28-25(22,2)21-13-19(15-33-21)18-7-5-6-16(12-18)14-26/h5-13,15,22H,4H2,1-3H3,(H2,27,28)/t22-,25+/m0/s1. The SMILES string of the molecule is CCS(=O)(=O)c1ccc([C@H]2C(=O)N(C)C(=N)N[C@]2(C)c2cc(-c3cccc(C#N)c3)cs2)cc1. The van der Waals surface area contributed by atoms with Gasteiger partial charge in [-0.1, -0.05) is 31.2 Å². The van der Waals surface area contributed by atoms with Crippen LogP contribution in [0.25, 0.3) is 11.1 Å². The molecule has 4 rings (SSSR count). The molecule has 0 unspecified atom stereocenters. The zero-order chi connectivity index (χ0) is 24.7. The molecule has 0 radical (unpaired) electrons. The number of nitriles is 1. The summed E-state index contributed by atoms with van der Waals surface area (Å²) in [7, 11) is -1.81. The van der Waals surface area contributed by atoms with Crippen molar-refractivity contribution < 1.29 is 13.2 Å². The highest BCUT2D eigenvalue weighted by Gasteiger charge is 2.49. The van der Waals surface area contributed by atoms with Crippen LogP contribution in [0.3, 0.4) is 0 Å². The lowest BCUT2D eigenvalue weighted by Crippen LogP contribution is -2.62. The van der Waals surface area contributed by atoms with Crippen LogP contribution >= 0.6 is 11.3 Å². The zero-order valence-electron chi connectivity index (χ0n) is 19.0. The number of hydrogen-bond acceptors (Lipinski definition) is 6. The van der Waals surface area contributed by atoms with Crippen LogP contribution in [-0.4, -0.2) is 38.0 Å². The fourth-order valence-electron chi connectivity index (χ4n) is 4.20. The number of guanidine groups is 1. The molecule has 7 nitrogen and oxygen atoms in total. The summed E-state index contributed by atoms with van der Waals surface area (Å²) in [6.45, 7) is 3.48. The summed E-state index contributed by atoms with van der Waals surface area (Å²) in [5.74, 6) is -0.935. The molecule has 0 aliphatic carbocycles. The highest BCUT2D eigenvalue weighted by atomic mass is 32.2. The van der Waals surface area contributed by atoms with E-state index in [1.165, 1.54) is 28.4 Å². The number of likely N-dealkylation sites (N-methyl/N-ethyl adjacent to an activating group) is 1. The lowest BCUT2D eigenvalue weighted by molar-refractivity contribution is -0.131. The van der Waals surface area contributed by atoms with E-state index in [0.29, 0.717) is 11.1 Å². The van der Waals surface area contributed by atoms with Gasteiger partial charge >= 0.3 is 0 Å². The smallest absolute Gasteiger partial charge is 0.239 e. The van der Waals surface area contributed by atoms with E-state index in [-0.39, 0.29) is 22.5 Å². The molecular weight excluding hydrogens is 468 g/mol. The van der Waals surface area contributed by atoms with Crippen molar-refractivity contribution in [2.75, 3.05) is 12.8 Å². The van der Waals surface area contributed by atoms with Gasteiger partial charge in [0.2, 0.25) is 5.91 Å². The van der Waals surface area contributed by atoms with E-state index in [1.54, 1.807) is 32.2 Å². The maximum Gasteiger partial charge on any atom is 0.239 e. The molecule has 1 saturated heterocycles. The number of thiophene rings is 1. The minimum Gasteiger partial charge on any atom is -0.345 e. The third kappa shape index (κ3) is 4.00. The minimum atomic E-state index is -3.36. The van der Waals surface area contributed by atoms with Gasteiger partial charge in [-0.25, -0.2) is 8.42 Å². The first kappa shape index (κ1) is 23.7. The summed E-state index contributed by atoms with van der Waals surface area (Å²) < 4.78 is 24.5. The Morgan fingerprint density at radius 2 is 1.88 bits per heavy atom. The molecule has 174 valence electrons. The van der Waals surface area contributed by atoms with E-state index in [9.17, 15) is 18.5 Å². The molecule has 1 aliphatic rings. The summed E-state index contributed by atoms with van der Waals surface area (Å²) in [6, 6.07) is 17.9. The van der Waals surface area contributed by atoms with Crippen molar-refractivity contribution >= 4 is 33.0 Å². The first-order valence-corrected chi connectivity index (χ1v) is 13.2. The topological polar surface area (TPSA) is 114 Å². The van der Waals surface area contributed by atoms with Gasteiger partial charge in [-0.05, 0) is 59.3 Å². The zero-order valence-corrected chi connectivity index (χ0v) is 20.6. The van der Waals surface area contributed by atoms with Crippen LogP contribution in [0.15, 0.2) is 64.9 Å². The highest BCUT2D eigenvalue weighted by Crippen LogP contribution is 2.44. The van der Waals surface area contributed by atoms with Crippen LogP contribution in [0.5, 0.6) is 0 Å². The Labute approximate surface area is 203 Å². The molecule has 1 amide bonds. The molecule has 3 aromatic rings. The fraction of sp³-hybridized carbons (Fsp3) is 0.240. The molecule has 34 heavy (non-hydrogen) atoms. The number of amides is 1. The molecule has 0 spiro atoms. The Kier molecular flexibility index (Phi) is 6.06. The lowest BCUT2D eigenvalue weighted by Gasteiger charge is -2.45. The monoisotopic (exact) mass is 492 g/mol. The first-order chi connectivity index (χ1) is 16.1. The maximum absolute atomic E-state index is 13.4. The number of rotatable bonds is 5. The second-order valence-corrected chi connectivity index (χ2v) is 11.6. The first-order valence-electron chi connectivity index (χ1n) is 10.7. The van der Waals surface area contributed by atoms with E-state index in [1.807, 2.05) is 36.6 Å². The van der Waals surface area contributed by atoms with Crippen LogP contribution in [-0.2, 0) is 20.2 Å². The average molecular weight is 493 g/mol. The molecule has 0 saturated carbocycles. The van der Waals surface area contributed by atoms with Crippen LogP contribution in [0.1, 0.15) is 35.8 Å². The van der Waals surface area contributed by atoms with Crippen LogP contribution < -0.4 is 5.32 Å². The van der Waals surface area contributed by atoms with Crippen molar-refractivity contribution in [2.45, 2.75) is 30.2 Å². The minimum absolute atomic E-state index is 0.00114. The molecule has 1 fully saturated rings. The number of nitrogens with zero attached hydrogens (tertiary/aromatic N) is 2. The van der Waals surface area contributed by atoms with Gasteiger partial charge in [0.15, 0.2) is 15.8 Å². The van der Waals surface area contributed by atoms with E-state index < -0.39 is 21.3 Å². The molecule has 0 bridgehead atoms. The molecule has 1 aliphatic heterocycles. The van der Waals surface area contributed by atoms with Gasteiger partial charge < -0.3 is 5.32 Å².